The SMILES string of the molecule is CCCCCCC=Cc1ccc(CCC(=O)O)cc1. The average molecular weight is 260 g/mol. The van der Waals surface area contributed by atoms with Crippen molar-refractivity contribution in [2.75, 3.05) is 0 Å². The third-order valence-corrected chi connectivity index (χ3v) is 3.14. The summed E-state index contributed by atoms with van der Waals surface area (Å²) in [6.07, 6.45) is 11.5. The van der Waals surface area contributed by atoms with Crippen LogP contribution in [0.25, 0.3) is 6.08 Å². The van der Waals surface area contributed by atoms with Gasteiger partial charge in [-0.05, 0) is 30.4 Å². The maximum atomic E-state index is 10.5. The van der Waals surface area contributed by atoms with E-state index in [9.17, 15) is 4.79 Å². The zero-order valence-corrected chi connectivity index (χ0v) is 11.8. The van der Waals surface area contributed by atoms with Crippen molar-refractivity contribution in [1.82, 2.24) is 0 Å². The second-order valence-electron chi connectivity index (χ2n) is 4.89. The molecule has 1 aromatic carbocycles. The summed E-state index contributed by atoms with van der Waals surface area (Å²) in [5.74, 6) is -0.740. The van der Waals surface area contributed by atoms with E-state index in [2.05, 4.69) is 31.2 Å². The summed E-state index contributed by atoms with van der Waals surface area (Å²) in [6.45, 7) is 2.22. The van der Waals surface area contributed by atoms with Crippen LogP contribution in [0.3, 0.4) is 0 Å². The number of carboxylic acids is 1. The number of hydrogen-bond donors (Lipinski definition) is 1. The Bertz CT molecular complexity index is 390. The van der Waals surface area contributed by atoms with Gasteiger partial charge in [0.05, 0.1) is 0 Å². The average Bonchev–Trinajstić information content (AvgIpc) is 2.41. The van der Waals surface area contributed by atoms with Crippen LogP contribution in [-0.2, 0) is 11.2 Å². The van der Waals surface area contributed by atoms with Crippen LogP contribution in [0.4, 0.5) is 0 Å². The maximum Gasteiger partial charge on any atom is 0.303 e. The smallest absolute Gasteiger partial charge is 0.303 e. The first-order chi connectivity index (χ1) is 9.22. The highest BCUT2D eigenvalue weighted by molar-refractivity contribution is 5.67. The molecule has 0 aliphatic heterocycles. The van der Waals surface area contributed by atoms with E-state index in [1.54, 1.807) is 0 Å². The fourth-order valence-corrected chi connectivity index (χ4v) is 1.96. The van der Waals surface area contributed by atoms with Crippen LogP contribution in [0.15, 0.2) is 30.3 Å². The van der Waals surface area contributed by atoms with E-state index in [1.165, 1.54) is 31.2 Å². The lowest BCUT2D eigenvalue weighted by molar-refractivity contribution is -0.136. The Balaban J connectivity index is 2.31. The molecular weight excluding hydrogens is 236 g/mol. The van der Waals surface area contributed by atoms with Crippen molar-refractivity contribution in [2.24, 2.45) is 0 Å². The predicted molar refractivity (Wildman–Crippen MR) is 80.2 cm³/mol. The first-order valence-corrected chi connectivity index (χ1v) is 7.19. The van der Waals surface area contributed by atoms with E-state index in [1.807, 2.05) is 12.1 Å². The molecule has 0 amide bonds. The van der Waals surface area contributed by atoms with Crippen molar-refractivity contribution in [3.63, 3.8) is 0 Å². The first-order valence-electron chi connectivity index (χ1n) is 7.19. The highest BCUT2D eigenvalue weighted by atomic mass is 16.4. The molecular formula is C17H24O2. The zero-order valence-electron chi connectivity index (χ0n) is 11.8. The molecule has 0 aliphatic rings. The van der Waals surface area contributed by atoms with E-state index in [4.69, 9.17) is 5.11 Å². The number of aliphatic carboxylic acids is 1. The van der Waals surface area contributed by atoms with Crippen LogP contribution < -0.4 is 0 Å². The van der Waals surface area contributed by atoms with Crippen molar-refractivity contribution in [3.05, 3.63) is 41.5 Å². The van der Waals surface area contributed by atoms with E-state index in [-0.39, 0.29) is 6.42 Å². The van der Waals surface area contributed by atoms with Crippen molar-refractivity contribution in [1.29, 1.82) is 0 Å². The molecule has 104 valence electrons. The Kier molecular flexibility index (Phi) is 7.64. The van der Waals surface area contributed by atoms with E-state index in [0.717, 1.165) is 12.0 Å². The number of rotatable bonds is 9. The minimum Gasteiger partial charge on any atom is -0.481 e. The minimum absolute atomic E-state index is 0.201. The fraction of sp³-hybridized carbons (Fsp3) is 0.471. The summed E-state index contributed by atoms with van der Waals surface area (Å²) < 4.78 is 0. The Morgan fingerprint density at radius 1 is 1.16 bits per heavy atom. The third-order valence-electron chi connectivity index (χ3n) is 3.14. The second-order valence-corrected chi connectivity index (χ2v) is 4.89. The van der Waals surface area contributed by atoms with E-state index >= 15 is 0 Å². The van der Waals surface area contributed by atoms with Crippen molar-refractivity contribution < 1.29 is 9.90 Å². The van der Waals surface area contributed by atoms with Gasteiger partial charge in [0, 0.05) is 6.42 Å². The van der Waals surface area contributed by atoms with Gasteiger partial charge in [-0.3, -0.25) is 4.79 Å². The quantitative estimate of drug-likeness (QED) is 0.654. The molecule has 0 spiro atoms. The van der Waals surface area contributed by atoms with Crippen LogP contribution in [0, 0.1) is 0 Å². The lowest BCUT2D eigenvalue weighted by Crippen LogP contribution is -1.97. The van der Waals surface area contributed by atoms with Crippen molar-refractivity contribution in [3.8, 4) is 0 Å². The van der Waals surface area contributed by atoms with Crippen molar-refractivity contribution >= 4 is 12.0 Å². The molecule has 0 saturated heterocycles. The lowest BCUT2D eigenvalue weighted by Gasteiger charge is -2.00. The highest BCUT2D eigenvalue weighted by Crippen LogP contribution is 2.10. The maximum absolute atomic E-state index is 10.5. The number of aryl methyl sites for hydroxylation is 1. The van der Waals surface area contributed by atoms with Gasteiger partial charge in [-0.1, -0.05) is 62.6 Å². The van der Waals surface area contributed by atoms with Gasteiger partial charge >= 0.3 is 5.97 Å². The second kappa shape index (κ2) is 9.37. The molecule has 1 N–H and O–H groups in total. The van der Waals surface area contributed by atoms with Crippen LogP contribution >= 0.6 is 0 Å². The molecule has 0 radical (unpaired) electrons. The summed E-state index contributed by atoms with van der Waals surface area (Å²) >= 11 is 0. The molecule has 2 nitrogen and oxygen atoms in total. The monoisotopic (exact) mass is 260 g/mol. The van der Waals surface area contributed by atoms with E-state index < -0.39 is 5.97 Å². The lowest BCUT2D eigenvalue weighted by atomic mass is 10.1. The van der Waals surface area contributed by atoms with Crippen LogP contribution in [0.2, 0.25) is 0 Å². The number of carboxylic acid groups (broad SMARTS) is 1. The molecule has 0 atom stereocenters. The molecule has 1 rings (SSSR count). The predicted octanol–water partition coefficient (Wildman–Crippen LogP) is 4.69. The van der Waals surface area contributed by atoms with Gasteiger partial charge in [0.2, 0.25) is 0 Å². The van der Waals surface area contributed by atoms with Gasteiger partial charge in [0.25, 0.3) is 0 Å². The zero-order chi connectivity index (χ0) is 13.9. The molecule has 0 heterocycles. The number of allylic oxidation sites excluding steroid dienone is 1. The number of hydrogen-bond acceptors (Lipinski definition) is 1. The number of benzene rings is 1. The standard InChI is InChI=1S/C17H24O2/c1-2-3-4-5-6-7-8-15-9-11-16(12-10-15)13-14-17(18)19/h7-12H,2-6,13-14H2,1H3,(H,18,19). The molecule has 0 bridgehead atoms. The summed E-state index contributed by atoms with van der Waals surface area (Å²) in [5, 5.41) is 8.62. The summed E-state index contributed by atoms with van der Waals surface area (Å²) in [4.78, 5) is 10.5. The molecule has 2 heteroatoms. The largest absolute Gasteiger partial charge is 0.481 e. The Morgan fingerprint density at radius 3 is 2.53 bits per heavy atom. The van der Waals surface area contributed by atoms with E-state index in [0.29, 0.717) is 6.42 Å². The number of carbonyl (C=O) groups is 1. The van der Waals surface area contributed by atoms with Gasteiger partial charge in [0.1, 0.15) is 0 Å². The van der Waals surface area contributed by atoms with Gasteiger partial charge in [-0.2, -0.15) is 0 Å². The molecule has 0 saturated carbocycles. The van der Waals surface area contributed by atoms with Crippen LogP contribution in [0.5, 0.6) is 0 Å². The molecule has 0 aliphatic carbocycles. The van der Waals surface area contributed by atoms with Gasteiger partial charge in [0.15, 0.2) is 0 Å². The Hall–Kier alpha value is -1.57. The molecule has 0 aromatic heterocycles. The topological polar surface area (TPSA) is 37.3 Å². The highest BCUT2D eigenvalue weighted by Gasteiger charge is 1.98. The Morgan fingerprint density at radius 2 is 1.89 bits per heavy atom. The molecule has 0 fully saturated rings. The van der Waals surface area contributed by atoms with Crippen LogP contribution in [0.1, 0.15) is 56.6 Å². The van der Waals surface area contributed by atoms with Gasteiger partial charge in [-0.15, -0.1) is 0 Å². The Labute approximate surface area is 116 Å². The normalized spacial score (nSPS) is 11.0. The van der Waals surface area contributed by atoms with Crippen LogP contribution in [-0.4, -0.2) is 11.1 Å². The summed E-state index contributed by atoms with van der Waals surface area (Å²) in [7, 11) is 0. The summed E-state index contributed by atoms with van der Waals surface area (Å²) in [5.41, 5.74) is 2.28. The minimum atomic E-state index is -0.740. The molecule has 0 unspecified atom stereocenters. The van der Waals surface area contributed by atoms with Gasteiger partial charge in [-0.25, -0.2) is 0 Å². The first kappa shape index (κ1) is 15.5. The molecule has 19 heavy (non-hydrogen) atoms. The van der Waals surface area contributed by atoms with Crippen molar-refractivity contribution in [2.45, 2.75) is 51.9 Å². The van der Waals surface area contributed by atoms with Gasteiger partial charge < -0.3 is 5.11 Å². The third kappa shape index (κ3) is 7.45. The number of unbranched alkanes of at least 4 members (excludes halogenated alkanes) is 4. The summed E-state index contributed by atoms with van der Waals surface area (Å²) in [6, 6.07) is 8.14. The molecule has 1 aromatic rings. The fourth-order valence-electron chi connectivity index (χ4n) is 1.96.